The molecule has 2 rings (SSSR count). The number of hydrogen-bond acceptors (Lipinski definition) is 2. The van der Waals surface area contributed by atoms with Gasteiger partial charge in [-0.2, -0.15) is 0 Å². The fourth-order valence-corrected chi connectivity index (χ4v) is 2.35. The van der Waals surface area contributed by atoms with Gasteiger partial charge in [0, 0.05) is 24.7 Å². The molecule has 0 spiro atoms. The van der Waals surface area contributed by atoms with Crippen molar-refractivity contribution in [1.29, 1.82) is 0 Å². The van der Waals surface area contributed by atoms with Crippen molar-refractivity contribution in [2.45, 2.75) is 19.5 Å². The van der Waals surface area contributed by atoms with Gasteiger partial charge in [0.25, 0.3) is 0 Å². The molecule has 0 saturated carbocycles. The Morgan fingerprint density at radius 2 is 1.82 bits per heavy atom. The standard InChI is InChI=1S/C17H20ClN3O/c18-16-7-2-1-6-15(16)8-9-20-17(22)21-12-14-5-3-4-13(10-14)11-19/h1-7,10H,8-9,11-12,19H2,(H2,20,21,22). The predicted molar refractivity (Wildman–Crippen MR) is 89.7 cm³/mol. The van der Waals surface area contributed by atoms with Gasteiger partial charge < -0.3 is 16.4 Å². The molecule has 2 aromatic carbocycles. The molecule has 0 unspecified atom stereocenters. The first-order valence-corrected chi connectivity index (χ1v) is 7.60. The average molecular weight is 318 g/mol. The van der Waals surface area contributed by atoms with Crippen molar-refractivity contribution in [3.63, 3.8) is 0 Å². The summed E-state index contributed by atoms with van der Waals surface area (Å²) >= 11 is 6.07. The minimum atomic E-state index is -0.190. The summed E-state index contributed by atoms with van der Waals surface area (Å²) in [7, 11) is 0. The highest BCUT2D eigenvalue weighted by molar-refractivity contribution is 6.31. The number of hydrogen-bond donors (Lipinski definition) is 3. The Bertz CT molecular complexity index is 631. The molecule has 4 nitrogen and oxygen atoms in total. The van der Waals surface area contributed by atoms with E-state index in [2.05, 4.69) is 10.6 Å². The molecule has 0 bridgehead atoms. The molecule has 0 heterocycles. The first kappa shape index (κ1) is 16.3. The maximum absolute atomic E-state index is 11.8. The maximum atomic E-state index is 11.8. The van der Waals surface area contributed by atoms with Crippen molar-refractivity contribution in [3.05, 3.63) is 70.2 Å². The van der Waals surface area contributed by atoms with Crippen LogP contribution in [0, 0.1) is 0 Å². The summed E-state index contributed by atoms with van der Waals surface area (Å²) in [6, 6.07) is 15.3. The van der Waals surface area contributed by atoms with Crippen molar-refractivity contribution in [2.75, 3.05) is 6.54 Å². The van der Waals surface area contributed by atoms with Crippen molar-refractivity contribution in [1.82, 2.24) is 10.6 Å². The van der Waals surface area contributed by atoms with Gasteiger partial charge >= 0.3 is 6.03 Å². The van der Waals surface area contributed by atoms with Crippen LogP contribution in [0.25, 0.3) is 0 Å². The first-order valence-electron chi connectivity index (χ1n) is 7.22. The van der Waals surface area contributed by atoms with E-state index in [0.29, 0.717) is 26.1 Å². The second kappa shape index (κ2) is 8.41. The molecule has 0 atom stereocenters. The van der Waals surface area contributed by atoms with Crippen molar-refractivity contribution in [3.8, 4) is 0 Å². The van der Waals surface area contributed by atoms with Crippen LogP contribution in [0.15, 0.2) is 48.5 Å². The van der Waals surface area contributed by atoms with Gasteiger partial charge in [0.05, 0.1) is 0 Å². The lowest BCUT2D eigenvalue weighted by Crippen LogP contribution is -2.36. The Morgan fingerprint density at radius 3 is 2.59 bits per heavy atom. The van der Waals surface area contributed by atoms with Crippen LogP contribution in [-0.4, -0.2) is 12.6 Å². The normalized spacial score (nSPS) is 10.3. The number of carbonyl (C=O) groups excluding carboxylic acids is 1. The molecular weight excluding hydrogens is 298 g/mol. The van der Waals surface area contributed by atoms with E-state index in [4.69, 9.17) is 17.3 Å². The van der Waals surface area contributed by atoms with Crippen LogP contribution in [0.4, 0.5) is 4.79 Å². The molecule has 0 fully saturated rings. The zero-order valence-corrected chi connectivity index (χ0v) is 13.1. The number of halogens is 1. The Labute approximate surface area is 135 Å². The van der Waals surface area contributed by atoms with Gasteiger partial charge in [-0.25, -0.2) is 4.79 Å². The zero-order chi connectivity index (χ0) is 15.8. The molecule has 116 valence electrons. The molecular formula is C17H20ClN3O. The molecule has 0 aliphatic rings. The van der Waals surface area contributed by atoms with Crippen LogP contribution in [0.1, 0.15) is 16.7 Å². The van der Waals surface area contributed by atoms with Gasteiger partial charge in [-0.3, -0.25) is 0 Å². The number of rotatable bonds is 6. The molecule has 0 radical (unpaired) electrons. The van der Waals surface area contributed by atoms with Crippen molar-refractivity contribution < 1.29 is 4.79 Å². The van der Waals surface area contributed by atoms with Crippen molar-refractivity contribution in [2.24, 2.45) is 5.73 Å². The number of carbonyl (C=O) groups is 1. The first-order chi connectivity index (χ1) is 10.7. The lowest BCUT2D eigenvalue weighted by atomic mass is 10.1. The summed E-state index contributed by atoms with van der Waals surface area (Å²) in [5.41, 5.74) is 8.71. The lowest BCUT2D eigenvalue weighted by molar-refractivity contribution is 0.240. The zero-order valence-electron chi connectivity index (χ0n) is 12.3. The number of urea groups is 1. The van der Waals surface area contributed by atoms with E-state index in [-0.39, 0.29) is 6.03 Å². The van der Waals surface area contributed by atoms with E-state index in [1.54, 1.807) is 0 Å². The molecule has 0 aliphatic carbocycles. The molecule has 5 heteroatoms. The summed E-state index contributed by atoms with van der Waals surface area (Å²) in [6.07, 6.45) is 0.704. The van der Waals surface area contributed by atoms with Crippen LogP contribution in [0.2, 0.25) is 5.02 Å². The van der Waals surface area contributed by atoms with Gasteiger partial charge in [0.15, 0.2) is 0 Å². The Morgan fingerprint density at radius 1 is 1.05 bits per heavy atom. The Kier molecular flexibility index (Phi) is 6.25. The summed E-state index contributed by atoms with van der Waals surface area (Å²) in [5, 5.41) is 6.38. The van der Waals surface area contributed by atoms with Gasteiger partial charge in [0.1, 0.15) is 0 Å². The maximum Gasteiger partial charge on any atom is 0.315 e. The Balaban J connectivity index is 1.73. The fraction of sp³-hybridized carbons (Fsp3) is 0.235. The average Bonchev–Trinajstić information content (AvgIpc) is 2.55. The third-order valence-corrected chi connectivity index (χ3v) is 3.69. The largest absolute Gasteiger partial charge is 0.338 e. The summed E-state index contributed by atoms with van der Waals surface area (Å²) in [5.74, 6) is 0. The van der Waals surface area contributed by atoms with Gasteiger partial charge in [-0.05, 0) is 29.2 Å². The highest BCUT2D eigenvalue weighted by Gasteiger charge is 2.02. The lowest BCUT2D eigenvalue weighted by Gasteiger charge is -2.09. The number of benzene rings is 2. The van der Waals surface area contributed by atoms with Gasteiger partial charge in [-0.1, -0.05) is 54.1 Å². The van der Waals surface area contributed by atoms with E-state index >= 15 is 0 Å². The van der Waals surface area contributed by atoms with E-state index in [9.17, 15) is 4.79 Å². The topological polar surface area (TPSA) is 67.1 Å². The monoisotopic (exact) mass is 317 g/mol. The van der Waals surface area contributed by atoms with E-state index in [1.807, 2.05) is 48.5 Å². The van der Waals surface area contributed by atoms with Crippen LogP contribution >= 0.6 is 11.6 Å². The molecule has 2 amide bonds. The third-order valence-electron chi connectivity index (χ3n) is 3.32. The molecule has 0 aromatic heterocycles. The van der Waals surface area contributed by atoms with Crippen LogP contribution in [-0.2, 0) is 19.5 Å². The summed E-state index contributed by atoms with van der Waals surface area (Å²) in [4.78, 5) is 11.8. The van der Waals surface area contributed by atoms with E-state index in [0.717, 1.165) is 21.7 Å². The van der Waals surface area contributed by atoms with Gasteiger partial charge in [-0.15, -0.1) is 0 Å². The third kappa shape index (κ3) is 5.06. The minimum Gasteiger partial charge on any atom is -0.338 e. The van der Waals surface area contributed by atoms with Crippen LogP contribution < -0.4 is 16.4 Å². The summed E-state index contributed by atoms with van der Waals surface area (Å²) in [6.45, 7) is 1.52. The quantitative estimate of drug-likeness (QED) is 0.767. The highest BCUT2D eigenvalue weighted by Crippen LogP contribution is 2.14. The van der Waals surface area contributed by atoms with Crippen LogP contribution in [0.5, 0.6) is 0 Å². The van der Waals surface area contributed by atoms with Crippen LogP contribution in [0.3, 0.4) is 0 Å². The fourth-order valence-electron chi connectivity index (χ4n) is 2.12. The predicted octanol–water partition coefficient (Wildman–Crippen LogP) is 2.84. The van der Waals surface area contributed by atoms with E-state index in [1.165, 1.54) is 0 Å². The second-order valence-corrected chi connectivity index (χ2v) is 5.38. The Hall–Kier alpha value is -2.04. The number of nitrogens with one attached hydrogen (secondary N) is 2. The number of amides is 2. The SMILES string of the molecule is NCc1cccc(CNC(=O)NCCc2ccccc2Cl)c1. The van der Waals surface area contributed by atoms with Gasteiger partial charge in [0.2, 0.25) is 0 Å². The minimum absolute atomic E-state index is 0.190. The van der Waals surface area contributed by atoms with Crippen molar-refractivity contribution >= 4 is 17.6 Å². The highest BCUT2D eigenvalue weighted by atomic mass is 35.5. The van der Waals surface area contributed by atoms with E-state index < -0.39 is 0 Å². The smallest absolute Gasteiger partial charge is 0.315 e. The molecule has 0 aliphatic heterocycles. The molecule has 0 saturated heterocycles. The molecule has 2 aromatic rings. The second-order valence-electron chi connectivity index (χ2n) is 4.97. The number of nitrogens with two attached hydrogens (primary N) is 1. The molecule has 4 N–H and O–H groups in total. The summed E-state index contributed by atoms with van der Waals surface area (Å²) < 4.78 is 0. The molecule has 22 heavy (non-hydrogen) atoms.